The van der Waals surface area contributed by atoms with Crippen molar-refractivity contribution in [1.29, 1.82) is 0 Å². The number of amides is 2. The summed E-state index contributed by atoms with van der Waals surface area (Å²) in [5, 5.41) is 3.52. The molecule has 0 aliphatic carbocycles. The van der Waals surface area contributed by atoms with Crippen LogP contribution in [0.3, 0.4) is 0 Å². The Kier molecular flexibility index (Phi) is 4.45. The predicted octanol–water partition coefficient (Wildman–Crippen LogP) is 2.20. The quantitative estimate of drug-likeness (QED) is 0.348. The number of hydrogen-bond acceptors (Lipinski definition) is 2. The van der Waals surface area contributed by atoms with E-state index < -0.39 is 6.03 Å². The first-order valence-electron chi connectivity index (χ1n) is 3.74. The Labute approximate surface area is 107 Å². The highest BCUT2D eigenvalue weighted by Crippen LogP contribution is 2.23. The van der Waals surface area contributed by atoms with Gasteiger partial charge in [0.15, 0.2) is 5.82 Å². The Morgan fingerprint density at radius 3 is 2.93 bits per heavy atom. The number of primary amides is 1. The van der Waals surface area contributed by atoms with E-state index in [1.165, 1.54) is 6.21 Å². The monoisotopic (exact) mass is 385 g/mol. The maximum atomic E-state index is 13.3. The molecule has 15 heavy (non-hydrogen) atoms. The number of rotatable bonds is 2. The van der Waals surface area contributed by atoms with Gasteiger partial charge in [0.1, 0.15) is 0 Å². The molecule has 0 aliphatic rings. The average molecular weight is 386 g/mol. The number of benzene rings is 1. The molecule has 0 atom stereocenters. The summed E-state index contributed by atoms with van der Waals surface area (Å²) in [5.74, 6) is -0.362. The van der Waals surface area contributed by atoms with Gasteiger partial charge in [0.2, 0.25) is 0 Å². The van der Waals surface area contributed by atoms with Crippen LogP contribution in [0.25, 0.3) is 0 Å². The van der Waals surface area contributed by atoms with Crippen molar-refractivity contribution in [2.75, 3.05) is 0 Å². The van der Waals surface area contributed by atoms with E-state index in [4.69, 9.17) is 5.73 Å². The molecule has 1 aromatic carbocycles. The van der Waals surface area contributed by atoms with Gasteiger partial charge in [-0.1, -0.05) is 6.07 Å². The first kappa shape index (κ1) is 12.4. The van der Waals surface area contributed by atoms with Gasteiger partial charge >= 0.3 is 6.03 Å². The van der Waals surface area contributed by atoms with Gasteiger partial charge in [0, 0.05) is 9.13 Å². The summed E-state index contributed by atoms with van der Waals surface area (Å²) >= 11 is 4.96. The number of nitrogens with two attached hydrogens (primary N) is 1. The Hall–Kier alpha value is -0.700. The second-order valence-corrected chi connectivity index (χ2v) is 4.45. The molecule has 4 nitrogen and oxygen atoms in total. The molecule has 0 aliphatic heterocycles. The van der Waals surface area contributed by atoms with Crippen LogP contribution in [-0.2, 0) is 0 Å². The molecule has 80 valence electrons. The molecule has 0 bridgehead atoms. The molecule has 0 radical (unpaired) electrons. The largest absolute Gasteiger partial charge is 0.350 e. The van der Waals surface area contributed by atoms with E-state index >= 15 is 0 Å². The van der Waals surface area contributed by atoms with E-state index in [1.54, 1.807) is 12.1 Å². The molecule has 0 saturated carbocycles. The summed E-state index contributed by atoms with van der Waals surface area (Å²) in [4.78, 5) is 10.3. The van der Waals surface area contributed by atoms with Crippen LogP contribution in [0.2, 0.25) is 0 Å². The van der Waals surface area contributed by atoms with E-state index in [0.717, 1.165) is 0 Å². The Bertz CT molecular complexity index is 425. The van der Waals surface area contributed by atoms with Crippen molar-refractivity contribution >= 4 is 50.8 Å². The highest BCUT2D eigenvalue weighted by Gasteiger charge is 2.07. The number of carbonyl (C=O) groups excluding carboxylic acids is 1. The third-order valence-corrected chi connectivity index (χ3v) is 3.08. The van der Waals surface area contributed by atoms with Gasteiger partial charge in [0.25, 0.3) is 0 Å². The van der Waals surface area contributed by atoms with E-state index in [1.807, 2.05) is 28.0 Å². The lowest BCUT2D eigenvalue weighted by molar-refractivity contribution is 0.249. The van der Waals surface area contributed by atoms with Crippen LogP contribution in [-0.4, -0.2) is 12.2 Å². The fourth-order valence-corrected chi connectivity index (χ4v) is 2.07. The maximum Gasteiger partial charge on any atom is 0.332 e. The lowest BCUT2D eigenvalue weighted by atomic mass is 10.2. The molecular formula is C8H6BrFIN3O. The first-order chi connectivity index (χ1) is 7.02. The molecule has 0 spiro atoms. The lowest BCUT2D eigenvalue weighted by Crippen LogP contribution is -2.24. The summed E-state index contributed by atoms with van der Waals surface area (Å²) in [6, 6.07) is 2.50. The van der Waals surface area contributed by atoms with Crippen molar-refractivity contribution in [3.8, 4) is 0 Å². The number of halogens is 3. The molecule has 0 fully saturated rings. The fraction of sp³-hybridized carbons (Fsp3) is 0. The zero-order valence-electron chi connectivity index (χ0n) is 7.30. The zero-order chi connectivity index (χ0) is 11.4. The van der Waals surface area contributed by atoms with Crippen molar-refractivity contribution in [3.63, 3.8) is 0 Å². The topological polar surface area (TPSA) is 67.5 Å². The standard InChI is InChI=1S/C8H6BrFIN3O/c9-6-4(3-13-14-8(12)15)1-2-5(11)7(6)10/h1-3H,(H3,12,14,15). The maximum absolute atomic E-state index is 13.3. The van der Waals surface area contributed by atoms with E-state index in [2.05, 4.69) is 21.0 Å². The molecule has 7 heteroatoms. The van der Waals surface area contributed by atoms with Crippen LogP contribution in [0.4, 0.5) is 9.18 Å². The molecule has 1 aromatic rings. The summed E-state index contributed by atoms with van der Waals surface area (Å²) in [6.45, 7) is 0. The average Bonchev–Trinajstić information content (AvgIpc) is 2.18. The van der Waals surface area contributed by atoms with Crippen molar-refractivity contribution in [3.05, 3.63) is 31.6 Å². The van der Waals surface area contributed by atoms with Crippen LogP contribution in [0.15, 0.2) is 21.7 Å². The first-order valence-corrected chi connectivity index (χ1v) is 5.61. The molecule has 1 rings (SSSR count). The molecule has 0 heterocycles. The Balaban J connectivity index is 2.92. The minimum atomic E-state index is -0.770. The van der Waals surface area contributed by atoms with Crippen molar-refractivity contribution in [1.82, 2.24) is 5.43 Å². The summed E-state index contributed by atoms with van der Waals surface area (Å²) in [6.07, 6.45) is 1.30. The second kappa shape index (κ2) is 5.40. The number of nitrogens with one attached hydrogen (secondary N) is 1. The third kappa shape index (κ3) is 3.42. The van der Waals surface area contributed by atoms with Gasteiger partial charge in [0.05, 0.1) is 10.7 Å². The zero-order valence-corrected chi connectivity index (χ0v) is 11.0. The third-order valence-electron chi connectivity index (χ3n) is 1.44. The van der Waals surface area contributed by atoms with Crippen molar-refractivity contribution in [2.24, 2.45) is 10.8 Å². The number of hydrogen-bond donors (Lipinski definition) is 2. The van der Waals surface area contributed by atoms with Gasteiger partial charge < -0.3 is 5.73 Å². The van der Waals surface area contributed by atoms with Crippen LogP contribution in [0.1, 0.15) is 5.56 Å². The molecular weight excluding hydrogens is 380 g/mol. The molecule has 0 aromatic heterocycles. The number of carbonyl (C=O) groups is 1. The summed E-state index contributed by atoms with van der Waals surface area (Å²) in [5.41, 5.74) is 7.33. The number of nitrogens with zero attached hydrogens (tertiary/aromatic N) is 1. The van der Waals surface area contributed by atoms with E-state index in [-0.39, 0.29) is 5.82 Å². The SMILES string of the molecule is NC(=O)NN=Cc1ccc(I)c(F)c1Br. The van der Waals surface area contributed by atoms with Crippen molar-refractivity contribution in [2.45, 2.75) is 0 Å². The lowest BCUT2D eigenvalue weighted by Gasteiger charge is -2.01. The van der Waals surface area contributed by atoms with Crippen molar-refractivity contribution < 1.29 is 9.18 Å². The minimum absolute atomic E-state index is 0.296. The van der Waals surface area contributed by atoms with Gasteiger partial charge in [-0.25, -0.2) is 14.6 Å². The smallest absolute Gasteiger partial charge is 0.332 e. The summed E-state index contributed by atoms with van der Waals surface area (Å²) in [7, 11) is 0. The highest BCUT2D eigenvalue weighted by atomic mass is 127. The molecule has 3 N–H and O–H groups in total. The van der Waals surface area contributed by atoms with E-state index in [0.29, 0.717) is 13.6 Å². The molecule has 0 unspecified atom stereocenters. The fourth-order valence-electron chi connectivity index (χ4n) is 0.806. The van der Waals surface area contributed by atoms with Gasteiger partial charge in [-0.3, -0.25) is 0 Å². The number of urea groups is 1. The van der Waals surface area contributed by atoms with Crippen LogP contribution in [0, 0.1) is 9.39 Å². The van der Waals surface area contributed by atoms with Crippen LogP contribution < -0.4 is 11.2 Å². The Morgan fingerprint density at radius 2 is 2.33 bits per heavy atom. The highest BCUT2D eigenvalue weighted by molar-refractivity contribution is 14.1. The number of hydrazone groups is 1. The van der Waals surface area contributed by atoms with Gasteiger partial charge in [-0.2, -0.15) is 5.10 Å². The normalized spacial score (nSPS) is 10.6. The van der Waals surface area contributed by atoms with Crippen LogP contribution in [0.5, 0.6) is 0 Å². The van der Waals surface area contributed by atoms with Gasteiger partial charge in [-0.05, 0) is 44.6 Å². The summed E-state index contributed by atoms with van der Waals surface area (Å²) < 4.78 is 14.1. The molecule has 2 amide bonds. The minimum Gasteiger partial charge on any atom is -0.350 e. The second-order valence-electron chi connectivity index (χ2n) is 2.50. The Morgan fingerprint density at radius 1 is 1.67 bits per heavy atom. The van der Waals surface area contributed by atoms with E-state index in [9.17, 15) is 9.18 Å². The molecule has 0 saturated heterocycles. The predicted molar refractivity (Wildman–Crippen MR) is 67.1 cm³/mol. The van der Waals surface area contributed by atoms with Crippen LogP contribution >= 0.6 is 38.5 Å². The van der Waals surface area contributed by atoms with Gasteiger partial charge in [-0.15, -0.1) is 0 Å².